The largest absolute Gasteiger partial charge is 0.298 e. The number of rotatable bonds is 4. The molecular formula is C14H22BrNS. The average molecular weight is 316 g/mol. The second-order valence-corrected chi connectivity index (χ2v) is 6.91. The van der Waals surface area contributed by atoms with Gasteiger partial charge in [0.1, 0.15) is 0 Å². The Morgan fingerprint density at radius 1 is 1.41 bits per heavy atom. The molecule has 1 atom stereocenters. The van der Waals surface area contributed by atoms with Gasteiger partial charge >= 0.3 is 0 Å². The molecule has 0 amide bonds. The Kier molecular flexibility index (Phi) is 5.51. The van der Waals surface area contributed by atoms with Crippen LogP contribution in [0.25, 0.3) is 0 Å². The lowest BCUT2D eigenvalue weighted by Gasteiger charge is -2.19. The monoisotopic (exact) mass is 315 g/mol. The van der Waals surface area contributed by atoms with Crippen LogP contribution in [0.1, 0.15) is 43.9 Å². The SMILES string of the molecule is CCCC1CCCN(Cc2sccc2Br)CC1. The van der Waals surface area contributed by atoms with Crippen LogP contribution in [0.5, 0.6) is 0 Å². The first-order valence-electron chi connectivity index (χ1n) is 6.73. The van der Waals surface area contributed by atoms with Crippen LogP contribution in [-0.4, -0.2) is 18.0 Å². The Hall–Kier alpha value is 0.140. The van der Waals surface area contributed by atoms with Crippen molar-refractivity contribution in [1.29, 1.82) is 0 Å². The fraction of sp³-hybridized carbons (Fsp3) is 0.714. The summed E-state index contributed by atoms with van der Waals surface area (Å²) in [5, 5.41) is 2.18. The molecule has 0 aromatic carbocycles. The molecule has 96 valence electrons. The summed E-state index contributed by atoms with van der Waals surface area (Å²) in [6, 6.07) is 2.16. The van der Waals surface area contributed by atoms with Crippen LogP contribution in [0.3, 0.4) is 0 Å². The van der Waals surface area contributed by atoms with Crippen molar-refractivity contribution in [1.82, 2.24) is 4.90 Å². The Balaban J connectivity index is 1.85. The molecule has 1 aliphatic rings. The van der Waals surface area contributed by atoms with Gasteiger partial charge in [-0.25, -0.2) is 0 Å². The fourth-order valence-corrected chi connectivity index (χ4v) is 4.24. The minimum atomic E-state index is 0.983. The standard InChI is InChI=1S/C14H22BrNS/c1-2-4-12-5-3-8-16(9-6-12)11-14-13(15)7-10-17-14/h7,10,12H,2-6,8-9,11H2,1H3. The molecule has 2 rings (SSSR count). The summed E-state index contributed by atoms with van der Waals surface area (Å²) in [4.78, 5) is 4.12. The van der Waals surface area contributed by atoms with Gasteiger partial charge in [-0.15, -0.1) is 11.3 Å². The summed E-state index contributed by atoms with van der Waals surface area (Å²) in [5.41, 5.74) is 0. The van der Waals surface area contributed by atoms with E-state index >= 15 is 0 Å². The highest BCUT2D eigenvalue weighted by molar-refractivity contribution is 9.10. The zero-order valence-corrected chi connectivity index (χ0v) is 13.0. The molecule has 0 aliphatic carbocycles. The first-order chi connectivity index (χ1) is 8.29. The van der Waals surface area contributed by atoms with Crippen LogP contribution < -0.4 is 0 Å². The van der Waals surface area contributed by atoms with Crippen molar-refractivity contribution in [3.8, 4) is 0 Å². The predicted octanol–water partition coefficient (Wildman–Crippen LogP) is 4.91. The van der Waals surface area contributed by atoms with Crippen LogP contribution in [0.15, 0.2) is 15.9 Å². The van der Waals surface area contributed by atoms with Crippen LogP contribution in [0, 0.1) is 5.92 Å². The topological polar surface area (TPSA) is 3.24 Å². The van der Waals surface area contributed by atoms with Crippen molar-refractivity contribution in [3.05, 3.63) is 20.8 Å². The normalized spacial score (nSPS) is 22.6. The minimum absolute atomic E-state index is 0.983. The van der Waals surface area contributed by atoms with Gasteiger partial charge in [-0.1, -0.05) is 19.8 Å². The lowest BCUT2D eigenvalue weighted by atomic mass is 9.96. The summed E-state index contributed by atoms with van der Waals surface area (Å²) < 4.78 is 1.29. The van der Waals surface area contributed by atoms with Crippen molar-refractivity contribution in [2.75, 3.05) is 13.1 Å². The van der Waals surface area contributed by atoms with E-state index in [0.29, 0.717) is 0 Å². The van der Waals surface area contributed by atoms with E-state index in [1.165, 1.54) is 54.5 Å². The molecule has 0 N–H and O–H groups in total. The lowest BCUT2D eigenvalue weighted by molar-refractivity contribution is 0.273. The highest BCUT2D eigenvalue weighted by atomic mass is 79.9. The van der Waals surface area contributed by atoms with Crippen molar-refractivity contribution in [3.63, 3.8) is 0 Å². The van der Waals surface area contributed by atoms with E-state index in [1.807, 2.05) is 11.3 Å². The van der Waals surface area contributed by atoms with Crippen molar-refractivity contribution >= 4 is 27.3 Å². The second kappa shape index (κ2) is 6.91. The van der Waals surface area contributed by atoms with Crippen LogP contribution in [0.4, 0.5) is 0 Å². The third kappa shape index (κ3) is 4.08. The number of likely N-dealkylation sites (tertiary alicyclic amines) is 1. The molecule has 0 spiro atoms. The molecule has 17 heavy (non-hydrogen) atoms. The number of halogens is 1. The maximum absolute atomic E-state index is 3.63. The van der Waals surface area contributed by atoms with Gasteiger partial charge < -0.3 is 0 Å². The van der Waals surface area contributed by atoms with Crippen molar-refractivity contribution in [2.24, 2.45) is 5.92 Å². The number of nitrogens with zero attached hydrogens (tertiary/aromatic N) is 1. The molecule has 1 nitrogen and oxygen atoms in total. The summed E-state index contributed by atoms with van der Waals surface area (Å²) in [5.74, 6) is 0.983. The Morgan fingerprint density at radius 2 is 2.29 bits per heavy atom. The Labute approximate surface area is 117 Å². The van der Waals surface area contributed by atoms with Gasteiger partial charge in [-0.2, -0.15) is 0 Å². The molecule has 1 aliphatic heterocycles. The predicted molar refractivity (Wildman–Crippen MR) is 79.5 cm³/mol. The first kappa shape index (κ1) is 13.6. The third-order valence-corrected chi connectivity index (χ3v) is 5.61. The first-order valence-corrected chi connectivity index (χ1v) is 8.41. The van der Waals surface area contributed by atoms with Crippen molar-refractivity contribution in [2.45, 2.75) is 45.6 Å². The van der Waals surface area contributed by atoms with Gasteiger partial charge in [0, 0.05) is 15.9 Å². The van der Waals surface area contributed by atoms with E-state index in [9.17, 15) is 0 Å². The molecule has 0 saturated carbocycles. The zero-order chi connectivity index (χ0) is 12.1. The van der Waals surface area contributed by atoms with Gasteiger partial charge in [0.2, 0.25) is 0 Å². The van der Waals surface area contributed by atoms with Crippen LogP contribution >= 0.6 is 27.3 Å². The van der Waals surface area contributed by atoms with Gasteiger partial charge in [0.05, 0.1) is 0 Å². The molecule has 1 fully saturated rings. The fourth-order valence-electron chi connectivity index (χ4n) is 2.72. The quantitative estimate of drug-likeness (QED) is 0.762. The van der Waals surface area contributed by atoms with E-state index in [-0.39, 0.29) is 0 Å². The highest BCUT2D eigenvalue weighted by Crippen LogP contribution is 2.27. The van der Waals surface area contributed by atoms with E-state index < -0.39 is 0 Å². The number of hydrogen-bond donors (Lipinski definition) is 0. The summed E-state index contributed by atoms with van der Waals surface area (Å²) in [6.07, 6.45) is 7.00. The zero-order valence-electron chi connectivity index (χ0n) is 10.6. The lowest BCUT2D eigenvalue weighted by Crippen LogP contribution is -2.23. The Bertz CT molecular complexity index is 337. The summed E-state index contributed by atoms with van der Waals surface area (Å²) in [7, 11) is 0. The smallest absolute Gasteiger partial charge is 0.0339 e. The maximum Gasteiger partial charge on any atom is 0.0339 e. The number of thiophene rings is 1. The molecule has 2 heterocycles. The van der Waals surface area contributed by atoms with E-state index in [0.717, 1.165) is 12.5 Å². The van der Waals surface area contributed by atoms with Gasteiger partial charge in [-0.05, 0) is 65.6 Å². The molecule has 1 aromatic heterocycles. The molecule has 1 saturated heterocycles. The van der Waals surface area contributed by atoms with Gasteiger partial charge in [0.25, 0.3) is 0 Å². The van der Waals surface area contributed by atoms with E-state index in [4.69, 9.17) is 0 Å². The Morgan fingerprint density at radius 3 is 3.00 bits per heavy atom. The van der Waals surface area contributed by atoms with Crippen LogP contribution in [0.2, 0.25) is 0 Å². The maximum atomic E-state index is 3.63. The van der Waals surface area contributed by atoms with Gasteiger partial charge in [-0.3, -0.25) is 4.90 Å². The summed E-state index contributed by atoms with van der Waals surface area (Å²) >= 11 is 5.51. The second-order valence-electron chi connectivity index (χ2n) is 5.05. The molecule has 0 radical (unpaired) electrons. The summed E-state index contributed by atoms with van der Waals surface area (Å²) in [6.45, 7) is 6.02. The van der Waals surface area contributed by atoms with E-state index in [1.54, 1.807) is 0 Å². The van der Waals surface area contributed by atoms with Crippen molar-refractivity contribution < 1.29 is 0 Å². The molecular weight excluding hydrogens is 294 g/mol. The molecule has 1 unspecified atom stereocenters. The average Bonchev–Trinajstić information content (AvgIpc) is 2.59. The van der Waals surface area contributed by atoms with E-state index in [2.05, 4.69) is 39.2 Å². The third-order valence-electron chi connectivity index (χ3n) is 3.70. The molecule has 0 bridgehead atoms. The minimum Gasteiger partial charge on any atom is -0.298 e. The van der Waals surface area contributed by atoms with Crippen LogP contribution in [-0.2, 0) is 6.54 Å². The highest BCUT2D eigenvalue weighted by Gasteiger charge is 2.17. The molecule has 1 aromatic rings. The van der Waals surface area contributed by atoms with Gasteiger partial charge in [0.15, 0.2) is 0 Å². The molecule has 3 heteroatoms. The number of hydrogen-bond acceptors (Lipinski definition) is 2.